The zero-order chi connectivity index (χ0) is 22.2. The lowest BCUT2D eigenvalue weighted by atomic mass is 9.84. The maximum absolute atomic E-state index is 13.0. The summed E-state index contributed by atoms with van der Waals surface area (Å²) in [4.78, 5) is 36.6. The van der Waals surface area contributed by atoms with Gasteiger partial charge in [0.05, 0.1) is 18.9 Å². The second-order valence-electron chi connectivity index (χ2n) is 8.05. The normalized spacial score (nSPS) is 22.1. The van der Waals surface area contributed by atoms with Gasteiger partial charge in [-0.25, -0.2) is 9.97 Å². The minimum Gasteiger partial charge on any atom is -0.383 e. The van der Waals surface area contributed by atoms with Gasteiger partial charge >= 0.3 is 0 Å². The first kappa shape index (κ1) is 26.2. The van der Waals surface area contributed by atoms with Gasteiger partial charge in [-0.05, 0) is 25.2 Å². The molecular formula is C21H35ClN6O4. The molecule has 3 atom stereocenters. The fraction of sp³-hybridized carbons (Fsp3) is 0.714. The Balaban J connectivity index is 0.00000363. The molecule has 3 rings (SSSR count). The average Bonchev–Trinajstić information content (AvgIpc) is 3.18. The summed E-state index contributed by atoms with van der Waals surface area (Å²) < 4.78 is 10.0. The van der Waals surface area contributed by atoms with Gasteiger partial charge in [-0.1, -0.05) is 12.8 Å². The number of hydrogen-bond donors (Lipinski definition) is 3. The van der Waals surface area contributed by atoms with Crippen LogP contribution in [0, 0.1) is 5.92 Å². The first-order valence-electron chi connectivity index (χ1n) is 11.0. The molecule has 1 aromatic rings. The molecule has 11 heteroatoms. The Bertz CT molecular complexity index is 768. The monoisotopic (exact) mass is 470 g/mol. The molecule has 3 unspecified atom stereocenters. The van der Waals surface area contributed by atoms with Crippen LogP contribution in [0.25, 0.3) is 0 Å². The number of nitrogens with zero attached hydrogens (tertiary/aromatic N) is 3. The van der Waals surface area contributed by atoms with Crippen molar-refractivity contribution < 1.29 is 19.1 Å². The number of carbonyl (C=O) groups is 2. The lowest BCUT2D eigenvalue weighted by Gasteiger charge is -2.34. The highest BCUT2D eigenvalue weighted by atomic mass is 35.5. The van der Waals surface area contributed by atoms with Crippen LogP contribution in [-0.2, 0) is 20.8 Å². The van der Waals surface area contributed by atoms with E-state index in [1.165, 1.54) is 6.42 Å². The van der Waals surface area contributed by atoms with Crippen molar-refractivity contribution in [3.8, 4) is 0 Å². The number of aromatic nitrogens is 2. The van der Waals surface area contributed by atoms with Crippen LogP contribution in [0.2, 0.25) is 0 Å². The second-order valence-corrected chi connectivity index (χ2v) is 8.05. The standard InChI is InChI=1S/C21H34N6O4.ClH/c1-30-9-7-23-20(28)17-11-14-5-3-4-6-16(14)27(17)18-12-15(13-22)25-19(26-18)21(29)24-8-10-31-2;/h12,14,16-17H,3-11,13,22H2,1-2H3,(H,23,28)(H,24,29);1H. The molecular weight excluding hydrogens is 436 g/mol. The summed E-state index contributed by atoms with van der Waals surface area (Å²) in [5.41, 5.74) is 6.43. The van der Waals surface area contributed by atoms with E-state index in [2.05, 4.69) is 25.5 Å². The molecule has 10 nitrogen and oxygen atoms in total. The van der Waals surface area contributed by atoms with Crippen molar-refractivity contribution in [3.05, 3.63) is 17.6 Å². The summed E-state index contributed by atoms with van der Waals surface area (Å²) in [6.07, 6.45) is 5.18. The van der Waals surface area contributed by atoms with Crippen LogP contribution in [0.1, 0.15) is 48.4 Å². The van der Waals surface area contributed by atoms with Gasteiger partial charge in [-0.3, -0.25) is 9.59 Å². The molecule has 1 saturated carbocycles. The molecule has 1 saturated heterocycles. The van der Waals surface area contributed by atoms with E-state index in [4.69, 9.17) is 15.2 Å². The van der Waals surface area contributed by atoms with E-state index in [0.717, 1.165) is 25.7 Å². The third kappa shape index (κ3) is 6.28. The number of hydrogen-bond acceptors (Lipinski definition) is 8. The molecule has 1 aromatic heterocycles. The summed E-state index contributed by atoms with van der Waals surface area (Å²) in [6.45, 7) is 1.86. The summed E-state index contributed by atoms with van der Waals surface area (Å²) in [7, 11) is 3.18. The van der Waals surface area contributed by atoms with E-state index in [1.54, 1.807) is 20.3 Å². The fourth-order valence-electron chi connectivity index (χ4n) is 4.58. The van der Waals surface area contributed by atoms with Gasteiger partial charge in [0, 0.05) is 46.0 Å². The van der Waals surface area contributed by atoms with Gasteiger partial charge in [0.2, 0.25) is 11.7 Å². The van der Waals surface area contributed by atoms with E-state index in [9.17, 15) is 9.59 Å². The lowest BCUT2D eigenvalue weighted by molar-refractivity contribution is -0.122. The number of amides is 2. The molecule has 2 amide bonds. The van der Waals surface area contributed by atoms with E-state index in [0.29, 0.717) is 43.7 Å². The molecule has 1 aliphatic carbocycles. The van der Waals surface area contributed by atoms with E-state index >= 15 is 0 Å². The smallest absolute Gasteiger partial charge is 0.289 e. The topological polar surface area (TPSA) is 132 Å². The zero-order valence-corrected chi connectivity index (χ0v) is 19.7. The first-order chi connectivity index (χ1) is 15.1. The maximum atomic E-state index is 13.0. The van der Waals surface area contributed by atoms with Gasteiger partial charge in [-0.15, -0.1) is 12.4 Å². The number of nitrogens with one attached hydrogen (secondary N) is 2. The summed E-state index contributed by atoms with van der Waals surface area (Å²) in [6, 6.07) is 1.69. The van der Waals surface area contributed by atoms with E-state index in [1.807, 2.05) is 0 Å². The molecule has 0 radical (unpaired) electrons. The van der Waals surface area contributed by atoms with Crippen LogP contribution in [0.15, 0.2) is 6.07 Å². The minimum atomic E-state index is -0.380. The van der Waals surface area contributed by atoms with Gasteiger partial charge < -0.3 is 30.7 Å². The van der Waals surface area contributed by atoms with Crippen LogP contribution in [0.4, 0.5) is 5.82 Å². The molecule has 2 heterocycles. The van der Waals surface area contributed by atoms with Gasteiger partial charge in [-0.2, -0.15) is 0 Å². The van der Waals surface area contributed by atoms with Crippen molar-refractivity contribution >= 4 is 30.0 Å². The van der Waals surface area contributed by atoms with Crippen LogP contribution in [0.5, 0.6) is 0 Å². The largest absolute Gasteiger partial charge is 0.383 e. The molecule has 2 aliphatic rings. The molecule has 1 aliphatic heterocycles. The third-order valence-corrected chi connectivity index (χ3v) is 6.03. The van der Waals surface area contributed by atoms with E-state index < -0.39 is 0 Å². The van der Waals surface area contributed by atoms with Crippen molar-refractivity contribution in [2.24, 2.45) is 11.7 Å². The zero-order valence-electron chi connectivity index (χ0n) is 18.8. The number of carbonyl (C=O) groups excluding carboxylic acids is 2. The lowest BCUT2D eigenvalue weighted by Crippen LogP contribution is -2.48. The Kier molecular flexibility index (Phi) is 10.6. The summed E-state index contributed by atoms with van der Waals surface area (Å²) in [5, 5.41) is 5.72. The molecule has 0 aromatic carbocycles. The number of rotatable bonds is 10. The number of anilines is 1. The summed E-state index contributed by atoms with van der Waals surface area (Å²) >= 11 is 0. The highest BCUT2D eigenvalue weighted by molar-refractivity contribution is 5.91. The van der Waals surface area contributed by atoms with Crippen LogP contribution in [-0.4, -0.2) is 74.4 Å². The fourth-order valence-corrected chi connectivity index (χ4v) is 4.58. The molecule has 180 valence electrons. The number of ether oxygens (including phenoxy) is 2. The third-order valence-electron chi connectivity index (χ3n) is 6.03. The second kappa shape index (κ2) is 12.9. The predicted octanol–water partition coefficient (Wildman–Crippen LogP) is 0.633. The molecule has 0 spiro atoms. The highest BCUT2D eigenvalue weighted by Crippen LogP contribution is 2.42. The van der Waals surface area contributed by atoms with Crippen LogP contribution < -0.4 is 21.3 Å². The van der Waals surface area contributed by atoms with Crippen LogP contribution >= 0.6 is 12.4 Å². The number of nitrogens with two attached hydrogens (primary N) is 1. The van der Waals surface area contributed by atoms with Gasteiger partial charge in [0.1, 0.15) is 11.9 Å². The van der Waals surface area contributed by atoms with Crippen molar-refractivity contribution in [1.82, 2.24) is 20.6 Å². The van der Waals surface area contributed by atoms with E-state index in [-0.39, 0.29) is 48.7 Å². The van der Waals surface area contributed by atoms with Crippen molar-refractivity contribution in [2.75, 3.05) is 45.4 Å². The Labute approximate surface area is 195 Å². The molecule has 2 fully saturated rings. The van der Waals surface area contributed by atoms with Crippen molar-refractivity contribution in [2.45, 2.75) is 50.7 Å². The van der Waals surface area contributed by atoms with Gasteiger partial charge in [0.15, 0.2) is 0 Å². The first-order valence-corrected chi connectivity index (χ1v) is 11.0. The molecule has 4 N–H and O–H groups in total. The Morgan fingerprint density at radius 1 is 1.12 bits per heavy atom. The average molecular weight is 471 g/mol. The maximum Gasteiger partial charge on any atom is 0.289 e. The highest BCUT2D eigenvalue weighted by Gasteiger charge is 2.46. The van der Waals surface area contributed by atoms with Crippen molar-refractivity contribution in [3.63, 3.8) is 0 Å². The molecule has 0 bridgehead atoms. The predicted molar refractivity (Wildman–Crippen MR) is 123 cm³/mol. The van der Waals surface area contributed by atoms with Crippen LogP contribution in [0.3, 0.4) is 0 Å². The quantitative estimate of drug-likeness (QED) is 0.424. The number of halogens is 1. The Morgan fingerprint density at radius 3 is 2.50 bits per heavy atom. The summed E-state index contributed by atoms with van der Waals surface area (Å²) in [5.74, 6) is 0.669. The minimum absolute atomic E-state index is 0. The SMILES string of the molecule is COCCNC(=O)c1nc(CN)cc(N2C(C(=O)NCCOC)CC3CCCCC32)n1.Cl. The number of fused-ring (bicyclic) bond motifs is 1. The van der Waals surface area contributed by atoms with Gasteiger partial charge in [0.25, 0.3) is 5.91 Å². The number of methoxy groups -OCH3 is 2. The Hall–Kier alpha value is -2.01. The Morgan fingerprint density at radius 2 is 1.81 bits per heavy atom. The van der Waals surface area contributed by atoms with Crippen molar-refractivity contribution in [1.29, 1.82) is 0 Å². The molecule has 32 heavy (non-hydrogen) atoms.